The van der Waals surface area contributed by atoms with Crippen LogP contribution in [0.5, 0.6) is 0 Å². The second-order valence-electron chi connectivity index (χ2n) is 5.57. The van der Waals surface area contributed by atoms with Gasteiger partial charge in [-0.3, -0.25) is 0 Å². The van der Waals surface area contributed by atoms with Crippen molar-refractivity contribution in [3.05, 3.63) is 34.6 Å². The van der Waals surface area contributed by atoms with Crippen molar-refractivity contribution in [3.8, 4) is 0 Å². The Morgan fingerprint density at radius 1 is 1.39 bits per heavy atom. The molecule has 1 aromatic carbocycles. The zero-order valence-corrected chi connectivity index (χ0v) is 11.0. The molecule has 98 valence electrons. The van der Waals surface area contributed by atoms with E-state index in [2.05, 4.69) is 4.90 Å². The third kappa shape index (κ3) is 2.15. The fourth-order valence-corrected chi connectivity index (χ4v) is 3.50. The zero-order chi connectivity index (χ0) is 12.8. The Balaban J connectivity index is 1.83. The van der Waals surface area contributed by atoms with E-state index in [0.717, 1.165) is 25.9 Å². The van der Waals surface area contributed by atoms with Crippen molar-refractivity contribution in [1.82, 2.24) is 4.90 Å². The van der Waals surface area contributed by atoms with Gasteiger partial charge in [0.15, 0.2) is 0 Å². The molecule has 0 aromatic heterocycles. The number of hydrogen-bond acceptors (Lipinski definition) is 2. The molecule has 0 aliphatic carbocycles. The molecule has 1 aromatic rings. The van der Waals surface area contributed by atoms with Crippen LogP contribution >= 0.6 is 11.6 Å². The number of halogens is 2. The fourth-order valence-electron chi connectivity index (χ4n) is 3.34. The van der Waals surface area contributed by atoms with Gasteiger partial charge < -0.3 is 10.0 Å². The van der Waals surface area contributed by atoms with Crippen LogP contribution in [0.15, 0.2) is 18.2 Å². The first-order valence-corrected chi connectivity index (χ1v) is 6.83. The molecule has 0 saturated carbocycles. The second-order valence-corrected chi connectivity index (χ2v) is 6.00. The Morgan fingerprint density at radius 3 is 2.67 bits per heavy atom. The van der Waals surface area contributed by atoms with Crippen molar-refractivity contribution in [1.29, 1.82) is 0 Å². The molecule has 3 heterocycles. The first-order valence-electron chi connectivity index (χ1n) is 6.45. The summed E-state index contributed by atoms with van der Waals surface area (Å²) in [5, 5.41) is 11.2. The van der Waals surface area contributed by atoms with Gasteiger partial charge in [0.25, 0.3) is 0 Å². The van der Waals surface area contributed by atoms with E-state index in [9.17, 15) is 9.50 Å². The van der Waals surface area contributed by atoms with E-state index in [4.69, 9.17) is 11.6 Å². The van der Waals surface area contributed by atoms with Crippen LogP contribution < -0.4 is 0 Å². The molecule has 18 heavy (non-hydrogen) atoms. The lowest BCUT2D eigenvalue weighted by atomic mass is 9.72. The summed E-state index contributed by atoms with van der Waals surface area (Å²) < 4.78 is 13.8. The van der Waals surface area contributed by atoms with E-state index in [-0.39, 0.29) is 5.82 Å². The van der Waals surface area contributed by atoms with Gasteiger partial charge in [-0.25, -0.2) is 4.39 Å². The quantitative estimate of drug-likeness (QED) is 0.892. The van der Waals surface area contributed by atoms with Gasteiger partial charge in [-0.2, -0.15) is 0 Å². The largest absolute Gasteiger partial charge is 0.388 e. The predicted octanol–water partition coefficient (Wildman–Crippen LogP) is 2.48. The van der Waals surface area contributed by atoms with E-state index < -0.39 is 5.60 Å². The lowest BCUT2D eigenvalue weighted by molar-refractivity contribution is -0.111. The summed E-state index contributed by atoms with van der Waals surface area (Å²) in [5.41, 5.74) is -0.207. The van der Waals surface area contributed by atoms with E-state index in [1.807, 2.05) is 0 Å². The average Bonchev–Trinajstić information content (AvgIpc) is 2.34. The molecule has 2 bridgehead atoms. The van der Waals surface area contributed by atoms with Crippen molar-refractivity contribution in [3.63, 3.8) is 0 Å². The molecule has 1 N–H and O–H groups in total. The maximum Gasteiger partial charge on any atom is 0.127 e. The van der Waals surface area contributed by atoms with Gasteiger partial charge in [0.2, 0.25) is 0 Å². The molecular weight excluding hydrogens is 253 g/mol. The summed E-state index contributed by atoms with van der Waals surface area (Å²) in [7, 11) is 0. The van der Waals surface area contributed by atoms with Crippen molar-refractivity contribution < 1.29 is 9.50 Å². The predicted molar refractivity (Wildman–Crippen MR) is 69.2 cm³/mol. The summed E-state index contributed by atoms with van der Waals surface area (Å²) in [6.07, 6.45) is 2.43. The molecule has 3 aliphatic rings. The SMILES string of the molecule is OC1(Cc2ccc(Cl)cc2F)CN2CCC1CC2. The van der Waals surface area contributed by atoms with Gasteiger partial charge in [0.1, 0.15) is 5.82 Å². The minimum Gasteiger partial charge on any atom is -0.388 e. The smallest absolute Gasteiger partial charge is 0.127 e. The average molecular weight is 270 g/mol. The van der Waals surface area contributed by atoms with Crippen LogP contribution in [-0.4, -0.2) is 35.2 Å². The molecule has 1 unspecified atom stereocenters. The second kappa shape index (κ2) is 4.48. The molecule has 3 fully saturated rings. The minimum absolute atomic E-state index is 0.303. The fraction of sp³-hybridized carbons (Fsp3) is 0.571. The highest BCUT2D eigenvalue weighted by molar-refractivity contribution is 6.30. The van der Waals surface area contributed by atoms with Crippen molar-refractivity contribution in [2.45, 2.75) is 24.9 Å². The highest BCUT2D eigenvalue weighted by Gasteiger charge is 2.45. The highest BCUT2D eigenvalue weighted by atomic mass is 35.5. The van der Waals surface area contributed by atoms with E-state index in [1.54, 1.807) is 12.1 Å². The molecular formula is C14H17ClFNO. The summed E-state index contributed by atoms with van der Waals surface area (Å²) in [6.45, 7) is 2.80. The maximum absolute atomic E-state index is 13.8. The summed E-state index contributed by atoms with van der Waals surface area (Å²) in [5.74, 6) is -0.00931. The molecule has 4 heteroatoms. The molecule has 0 spiro atoms. The van der Waals surface area contributed by atoms with Crippen molar-refractivity contribution in [2.75, 3.05) is 19.6 Å². The standard InChI is InChI=1S/C14H17ClFNO/c15-12-2-1-10(13(16)7-12)8-14(18)9-17-5-3-11(14)4-6-17/h1-2,7,11,18H,3-6,8-9H2. The van der Waals surface area contributed by atoms with Crippen LogP contribution in [-0.2, 0) is 6.42 Å². The normalized spacial score (nSPS) is 34.8. The zero-order valence-electron chi connectivity index (χ0n) is 10.2. The highest BCUT2D eigenvalue weighted by Crippen LogP contribution is 2.38. The molecule has 1 atom stereocenters. The van der Waals surface area contributed by atoms with Crippen LogP contribution in [0.4, 0.5) is 4.39 Å². The Hall–Kier alpha value is -0.640. The Bertz CT molecular complexity index is 459. The summed E-state index contributed by atoms with van der Waals surface area (Å²) in [6, 6.07) is 4.69. The lowest BCUT2D eigenvalue weighted by Gasteiger charge is -2.50. The van der Waals surface area contributed by atoms with Crippen LogP contribution in [0, 0.1) is 11.7 Å². The first kappa shape index (κ1) is 12.4. The number of hydrogen-bond donors (Lipinski definition) is 1. The van der Waals surface area contributed by atoms with Gasteiger partial charge >= 0.3 is 0 Å². The maximum atomic E-state index is 13.8. The Kier molecular flexibility index (Phi) is 3.08. The molecule has 3 saturated heterocycles. The van der Waals surface area contributed by atoms with Crippen LogP contribution in [0.2, 0.25) is 5.02 Å². The molecule has 3 aliphatic heterocycles. The number of benzene rings is 1. The van der Waals surface area contributed by atoms with Crippen LogP contribution in [0.3, 0.4) is 0 Å². The molecule has 0 radical (unpaired) electrons. The monoisotopic (exact) mass is 269 g/mol. The molecule has 4 rings (SSSR count). The molecule has 0 amide bonds. The first-order chi connectivity index (χ1) is 8.57. The third-order valence-electron chi connectivity index (χ3n) is 4.36. The topological polar surface area (TPSA) is 23.5 Å². The summed E-state index contributed by atoms with van der Waals surface area (Å²) >= 11 is 5.75. The van der Waals surface area contributed by atoms with Gasteiger partial charge in [-0.15, -0.1) is 0 Å². The third-order valence-corrected chi connectivity index (χ3v) is 4.59. The van der Waals surface area contributed by atoms with E-state index in [0.29, 0.717) is 29.5 Å². The number of piperidine rings is 3. The van der Waals surface area contributed by atoms with E-state index >= 15 is 0 Å². The van der Waals surface area contributed by atoms with Crippen molar-refractivity contribution >= 4 is 11.6 Å². The minimum atomic E-state index is -0.773. The van der Waals surface area contributed by atoms with Crippen molar-refractivity contribution in [2.24, 2.45) is 5.92 Å². The lowest BCUT2D eigenvalue weighted by Crippen LogP contribution is -2.60. The number of nitrogens with zero attached hydrogens (tertiary/aromatic N) is 1. The summed E-state index contributed by atoms with van der Waals surface area (Å²) in [4.78, 5) is 2.27. The number of aliphatic hydroxyl groups is 1. The van der Waals surface area contributed by atoms with Gasteiger partial charge in [-0.1, -0.05) is 17.7 Å². The Labute approximate surface area is 111 Å². The number of rotatable bonds is 2. The van der Waals surface area contributed by atoms with Gasteiger partial charge in [0.05, 0.1) is 5.60 Å². The Morgan fingerprint density at radius 2 is 2.11 bits per heavy atom. The number of fused-ring (bicyclic) bond motifs is 3. The van der Waals surface area contributed by atoms with E-state index in [1.165, 1.54) is 6.07 Å². The van der Waals surface area contributed by atoms with Crippen LogP contribution in [0.25, 0.3) is 0 Å². The molecule has 2 nitrogen and oxygen atoms in total. The van der Waals surface area contributed by atoms with Gasteiger partial charge in [-0.05, 0) is 49.5 Å². The van der Waals surface area contributed by atoms with Crippen LogP contribution in [0.1, 0.15) is 18.4 Å². The van der Waals surface area contributed by atoms with Gasteiger partial charge in [0, 0.05) is 18.0 Å².